The van der Waals surface area contributed by atoms with Crippen LogP contribution in [-0.4, -0.2) is 16.7 Å². The van der Waals surface area contributed by atoms with E-state index in [1.807, 2.05) is 0 Å². The number of benzene rings is 1. The molecular weight excluding hydrogens is 381 g/mol. The molecule has 0 N–H and O–H groups in total. The fraction of sp³-hybridized carbons (Fsp3) is 0. The molecule has 5 nitrogen and oxygen atoms in total. The van der Waals surface area contributed by atoms with E-state index >= 15 is 0 Å². The third-order valence-corrected chi connectivity index (χ3v) is 4.77. The second-order valence-electron chi connectivity index (χ2n) is 5.06. The molecule has 0 unspecified atom stereocenters. The third kappa shape index (κ3) is 3.00. The monoisotopic (exact) mass is 389 g/mol. The molecular formula is C17H9Cl2N3O2S. The summed E-state index contributed by atoms with van der Waals surface area (Å²) in [6, 6.07) is 8.53. The van der Waals surface area contributed by atoms with Crippen LogP contribution in [0.5, 0.6) is 0 Å². The van der Waals surface area contributed by atoms with Gasteiger partial charge < -0.3 is 4.42 Å². The van der Waals surface area contributed by atoms with Crippen molar-refractivity contribution < 1.29 is 9.21 Å². The quantitative estimate of drug-likeness (QED) is 0.599. The smallest absolute Gasteiger partial charge is 0.284 e. The van der Waals surface area contributed by atoms with Gasteiger partial charge in [0.1, 0.15) is 11.5 Å². The van der Waals surface area contributed by atoms with Crippen molar-refractivity contribution in [1.29, 1.82) is 0 Å². The van der Waals surface area contributed by atoms with Gasteiger partial charge in [-0.05, 0) is 30.3 Å². The topological polar surface area (TPSA) is 58.7 Å². The van der Waals surface area contributed by atoms with Gasteiger partial charge in [-0.15, -0.1) is 11.3 Å². The molecule has 4 rings (SSSR count). The van der Waals surface area contributed by atoms with Crippen molar-refractivity contribution >= 4 is 57.5 Å². The largest absolute Gasteiger partial charge is 0.465 e. The lowest BCUT2D eigenvalue weighted by atomic mass is 10.2. The Morgan fingerprint density at radius 3 is 2.80 bits per heavy atom. The van der Waals surface area contributed by atoms with E-state index in [9.17, 15) is 4.79 Å². The van der Waals surface area contributed by atoms with Crippen LogP contribution < -0.4 is 4.90 Å². The zero-order valence-electron chi connectivity index (χ0n) is 12.5. The fourth-order valence-corrected chi connectivity index (χ4v) is 3.51. The van der Waals surface area contributed by atoms with Crippen LogP contribution >= 0.6 is 34.5 Å². The van der Waals surface area contributed by atoms with Crippen molar-refractivity contribution in [3.8, 4) is 0 Å². The number of anilines is 1. The van der Waals surface area contributed by atoms with Gasteiger partial charge in [0, 0.05) is 28.2 Å². The first-order valence-corrected chi connectivity index (χ1v) is 8.80. The number of aliphatic imine (C=N–C) groups is 1. The molecule has 0 atom stereocenters. The van der Waals surface area contributed by atoms with Crippen LogP contribution in [-0.2, 0) is 4.79 Å². The highest BCUT2D eigenvalue weighted by Gasteiger charge is 2.35. The Hall–Kier alpha value is -2.41. The molecule has 0 bridgehead atoms. The zero-order valence-corrected chi connectivity index (χ0v) is 14.8. The Morgan fingerprint density at radius 2 is 2.12 bits per heavy atom. The second-order valence-corrected chi connectivity index (χ2v) is 6.78. The number of carbonyl (C=O) groups is 1. The van der Waals surface area contributed by atoms with Crippen molar-refractivity contribution in [2.75, 3.05) is 4.90 Å². The van der Waals surface area contributed by atoms with Crippen LogP contribution in [0.2, 0.25) is 10.0 Å². The SMILES string of the molecule is O=C1C(=Cc2ccco2)N=C(c2ccc(Cl)cc2Cl)N1c1nccs1. The number of amides is 1. The van der Waals surface area contributed by atoms with Crippen LogP contribution in [0, 0.1) is 0 Å². The molecule has 8 heteroatoms. The molecule has 124 valence electrons. The summed E-state index contributed by atoms with van der Waals surface area (Å²) in [7, 11) is 0. The van der Waals surface area contributed by atoms with E-state index < -0.39 is 0 Å². The molecule has 0 saturated carbocycles. The van der Waals surface area contributed by atoms with Crippen LogP contribution in [0.15, 0.2) is 63.3 Å². The lowest BCUT2D eigenvalue weighted by molar-refractivity contribution is -0.113. The maximum Gasteiger partial charge on any atom is 0.284 e. The van der Waals surface area contributed by atoms with E-state index in [-0.39, 0.29) is 11.6 Å². The molecule has 2 aromatic heterocycles. The van der Waals surface area contributed by atoms with Gasteiger partial charge in [-0.25, -0.2) is 14.9 Å². The Kier molecular flexibility index (Phi) is 4.17. The van der Waals surface area contributed by atoms with E-state index in [0.717, 1.165) is 0 Å². The van der Waals surface area contributed by atoms with E-state index in [4.69, 9.17) is 27.6 Å². The van der Waals surface area contributed by atoms with Crippen LogP contribution in [0.3, 0.4) is 0 Å². The average molecular weight is 390 g/mol. The Bertz CT molecular complexity index is 995. The number of hydrogen-bond donors (Lipinski definition) is 0. The summed E-state index contributed by atoms with van der Waals surface area (Å²) >= 11 is 13.6. The molecule has 3 aromatic rings. The van der Waals surface area contributed by atoms with Crippen molar-refractivity contribution in [2.45, 2.75) is 0 Å². The summed E-state index contributed by atoms with van der Waals surface area (Å²) in [5.74, 6) is 0.640. The van der Waals surface area contributed by atoms with Crippen molar-refractivity contribution in [3.05, 3.63) is 75.2 Å². The lowest BCUT2D eigenvalue weighted by Crippen LogP contribution is -2.32. The minimum Gasteiger partial charge on any atom is -0.465 e. The van der Waals surface area contributed by atoms with Crippen LogP contribution in [0.4, 0.5) is 5.13 Å². The Balaban J connectivity index is 1.86. The number of hydrogen-bond acceptors (Lipinski definition) is 5. The van der Waals surface area contributed by atoms with Gasteiger partial charge in [-0.2, -0.15) is 0 Å². The minimum atomic E-state index is -0.299. The maximum atomic E-state index is 12.9. The molecule has 0 fully saturated rings. The number of furan rings is 1. The molecule has 1 aliphatic rings. The Labute approximate surface area is 156 Å². The first kappa shape index (κ1) is 16.1. The summed E-state index contributed by atoms with van der Waals surface area (Å²) in [6.07, 6.45) is 4.74. The summed E-state index contributed by atoms with van der Waals surface area (Å²) < 4.78 is 5.28. The average Bonchev–Trinajstić information content (AvgIpc) is 3.31. The zero-order chi connectivity index (χ0) is 17.4. The van der Waals surface area contributed by atoms with E-state index in [0.29, 0.717) is 32.3 Å². The lowest BCUT2D eigenvalue weighted by Gasteiger charge is -2.15. The highest BCUT2D eigenvalue weighted by atomic mass is 35.5. The van der Waals surface area contributed by atoms with Gasteiger partial charge in [-0.1, -0.05) is 23.2 Å². The maximum absolute atomic E-state index is 12.9. The van der Waals surface area contributed by atoms with Crippen LogP contribution in [0.1, 0.15) is 11.3 Å². The summed E-state index contributed by atoms with van der Waals surface area (Å²) in [6.45, 7) is 0. The number of nitrogens with zero attached hydrogens (tertiary/aromatic N) is 3. The van der Waals surface area contributed by atoms with Crippen molar-refractivity contribution in [3.63, 3.8) is 0 Å². The molecule has 0 spiro atoms. The molecule has 0 aliphatic carbocycles. The normalized spacial score (nSPS) is 15.9. The molecule has 1 aliphatic heterocycles. The van der Waals surface area contributed by atoms with E-state index in [1.165, 1.54) is 22.5 Å². The second kappa shape index (κ2) is 6.48. The highest BCUT2D eigenvalue weighted by molar-refractivity contribution is 7.14. The molecule has 0 radical (unpaired) electrons. The van der Waals surface area contributed by atoms with Crippen LogP contribution in [0.25, 0.3) is 6.08 Å². The molecule has 0 saturated heterocycles. The summed E-state index contributed by atoms with van der Waals surface area (Å²) in [4.78, 5) is 23.0. The molecule has 1 aromatic carbocycles. The highest BCUT2D eigenvalue weighted by Crippen LogP contribution is 2.32. The predicted molar refractivity (Wildman–Crippen MR) is 99.3 cm³/mol. The van der Waals surface area contributed by atoms with E-state index in [2.05, 4.69) is 9.98 Å². The number of halogens is 2. The van der Waals surface area contributed by atoms with Gasteiger partial charge in [0.15, 0.2) is 11.0 Å². The minimum absolute atomic E-state index is 0.242. The number of rotatable bonds is 3. The molecule has 25 heavy (non-hydrogen) atoms. The first-order valence-electron chi connectivity index (χ1n) is 7.17. The first-order chi connectivity index (χ1) is 12.1. The van der Waals surface area contributed by atoms with Gasteiger partial charge in [0.05, 0.1) is 11.3 Å². The van der Waals surface area contributed by atoms with Gasteiger partial charge in [0.2, 0.25) is 0 Å². The number of thiazole rings is 1. The summed E-state index contributed by atoms with van der Waals surface area (Å²) in [5, 5.41) is 3.21. The molecule has 1 amide bonds. The number of amidine groups is 1. The predicted octanol–water partition coefficient (Wildman–Crippen LogP) is 4.88. The van der Waals surface area contributed by atoms with E-state index in [1.54, 1.807) is 48.0 Å². The Morgan fingerprint density at radius 1 is 1.24 bits per heavy atom. The number of carbonyl (C=O) groups excluding carboxylic acids is 1. The number of aromatic nitrogens is 1. The third-order valence-electron chi connectivity index (χ3n) is 3.47. The summed E-state index contributed by atoms with van der Waals surface area (Å²) in [5.41, 5.74) is 0.837. The fourth-order valence-electron chi connectivity index (χ4n) is 2.38. The van der Waals surface area contributed by atoms with Gasteiger partial charge >= 0.3 is 0 Å². The molecule has 3 heterocycles. The standard InChI is InChI=1S/C17H9Cl2N3O2S/c18-10-3-4-12(13(19)8-10)15-21-14(9-11-2-1-6-24-11)16(23)22(15)17-20-5-7-25-17/h1-9H. The van der Waals surface area contributed by atoms with Gasteiger partial charge in [0.25, 0.3) is 5.91 Å². The van der Waals surface area contributed by atoms with Gasteiger partial charge in [-0.3, -0.25) is 4.79 Å². The van der Waals surface area contributed by atoms with Crippen molar-refractivity contribution in [1.82, 2.24) is 4.98 Å². The van der Waals surface area contributed by atoms with Crippen molar-refractivity contribution in [2.24, 2.45) is 4.99 Å².